The van der Waals surface area contributed by atoms with Crippen LogP contribution >= 0.6 is 0 Å². The Morgan fingerprint density at radius 1 is 1.12 bits per heavy atom. The van der Waals surface area contributed by atoms with Crippen molar-refractivity contribution in [2.45, 2.75) is 38.5 Å². The minimum absolute atomic E-state index is 0.147. The summed E-state index contributed by atoms with van der Waals surface area (Å²) in [5, 5.41) is 15.0. The Morgan fingerprint density at radius 2 is 1.82 bits per heavy atom. The van der Waals surface area contributed by atoms with E-state index in [9.17, 15) is 23.1 Å². The Balaban J connectivity index is 1.61. The molecule has 40 heavy (non-hydrogen) atoms. The van der Waals surface area contributed by atoms with Gasteiger partial charge in [0.25, 0.3) is 0 Å². The Hall–Kier alpha value is -4.47. The lowest BCUT2D eigenvalue weighted by molar-refractivity contribution is -0.137. The van der Waals surface area contributed by atoms with Gasteiger partial charge in [0.15, 0.2) is 5.84 Å². The zero-order valence-corrected chi connectivity index (χ0v) is 22.0. The van der Waals surface area contributed by atoms with Gasteiger partial charge in [-0.25, -0.2) is 14.8 Å². The largest absolute Gasteiger partial charge is 0.475 e. The van der Waals surface area contributed by atoms with E-state index in [1.165, 1.54) is 19.2 Å². The van der Waals surface area contributed by atoms with Crippen molar-refractivity contribution in [3.63, 3.8) is 0 Å². The lowest BCUT2D eigenvalue weighted by Crippen LogP contribution is -2.31. The average Bonchev–Trinajstić information content (AvgIpc) is 3.73. The first-order chi connectivity index (χ1) is 19.1. The van der Waals surface area contributed by atoms with Crippen LogP contribution in [0.15, 0.2) is 93.6 Å². The third-order valence-corrected chi connectivity index (χ3v) is 7.04. The van der Waals surface area contributed by atoms with Crippen LogP contribution in [0.25, 0.3) is 10.8 Å². The number of benzene rings is 3. The highest BCUT2D eigenvalue weighted by Crippen LogP contribution is 2.33. The van der Waals surface area contributed by atoms with E-state index in [1.807, 2.05) is 47.4 Å². The summed E-state index contributed by atoms with van der Waals surface area (Å²) in [6, 6.07) is 18.8. The maximum absolute atomic E-state index is 13.2. The summed E-state index contributed by atoms with van der Waals surface area (Å²) in [6.07, 6.45) is -0.432. The first kappa shape index (κ1) is 27.1. The summed E-state index contributed by atoms with van der Waals surface area (Å²) >= 11 is 0. The van der Waals surface area contributed by atoms with Gasteiger partial charge >= 0.3 is 12.1 Å². The molecule has 5 rings (SSSR count). The molecule has 1 fully saturated rings. The number of halogens is 3. The minimum Gasteiger partial charge on any atom is -0.475 e. The third kappa shape index (κ3) is 5.90. The number of rotatable bonds is 6. The van der Waals surface area contributed by atoms with Crippen molar-refractivity contribution in [2.24, 2.45) is 20.9 Å². The van der Waals surface area contributed by atoms with Gasteiger partial charge in [-0.05, 0) is 60.2 Å². The number of hydrogen-bond donors (Lipinski definition) is 2. The molecule has 2 N–H and O–H groups in total. The number of aliphatic imine (C=N–C) groups is 3. The van der Waals surface area contributed by atoms with Crippen molar-refractivity contribution >= 4 is 34.2 Å². The van der Waals surface area contributed by atoms with E-state index in [-0.39, 0.29) is 18.4 Å². The van der Waals surface area contributed by atoms with Gasteiger partial charge in [0.1, 0.15) is 11.5 Å². The molecule has 1 heterocycles. The maximum Gasteiger partial charge on any atom is 0.416 e. The van der Waals surface area contributed by atoms with Gasteiger partial charge in [0.2, 0.25) is 5.84 Å². The number of amidine groups is 3. The number of nitrogens with zero attached hydrogens (tertiary/aromatic N) is 4. The van der Waals surface area contributed by atoms with Crippen LogP contribution in [0, 0.1) is 5.92 Å². The molecule has 2 aliphatic rings. The molecule has 10 heteroatoms. The molecule has 0 spiro atoms. The molecule has 3 aromatic carbocycles. The monoisotopic (exact) mass is 547 g/mol. The summed E-state index contributed by atoms with van der Waals surface area (Å²) in [5.74, 6) is -0.521. The number of aliphatic carboxylic acids is 1. The van der Waals surface area contributed by atoms with Crippen LogP contribution in [0.2, 0.25) is 0 Å². The predicted molar refractivity (Wildman–Crippen MR) is 149 cm³/mol. The van der Waals surface area contributed by atoms with Crippen LogP contribution in [0.5, 0.6) is 0 Å². The fourth-order valence-electron chi connectivity index (χ4n) is 4.60. The molecule has 0 aromatic heterocycles. The highest BCUT2D eigenvalue weighted by Gasteiger charge is 2.33. The fraction of sp³-hybridized carbons (Fsp3) is 0.267. The van der Waals surface area contributed by atoms with Gasteiger partial charge < -0.3 is 15.3 Å². The van der Waals surface area contributed by atoms with Gasteiger partial charge in [-0.2, -0.15) is 13.2 Å². The van der Waals surface area contributed by atoms with Gasteiger partial charge in [0, 0.05) is 31.4 Å². The summed E-state index contributed by atoms with van der Waals surface area (Å²) < 4.78 is 39.6. The zero-order chi connectivity index (χ0) is 28.4. The Bertz CT molecular complexity index is 1550. The maximum atomic E-state index is 13.2. The van der Waals surface area contributed by atoms with Crippen molar-refractivity contribution in [1.82, 2.24) is 10.2 Å². The summed E-state index contributed by atoms with van der Waals surface area (Å²) in [5.41, 5.74) is 1.14. The second-order valence-corrected chi connectivity index (χ2v) is 9.89. The molecule has 0 amide bonds. The van der Waals surface area contributed by atoms with E-state index in [2.05, 4.69) is 22.2 Å². The molecule has 0 radical (unpaired) electrons. The quantitative estimate of drug-likeness (QED) is 0.299. The predicted octanol–water partition coefficient (Wildman–Crippen LogP) is 5.86. The standard InChI is InChI=1S/C30H28F3N5O2/c1-18(20-9-10-20)35-16-25-26(36-27(34-2)29(39)40)37-28(23-12-11-21-5-3-4-6-22(21)15-23)38(25)17-19-7-13-24(14-8-19)30(31,32)33/h3-8,11-16,18,20,35H,9-10,17H2,1-2H3,(H,39,40)/b25-16-,34-27-,36-26+/t18-/m1/s1. The molecule has 1 saturated carbocycles. The Labute approximate surface area is 229 Å². The van der Waals surface area contributed by atoms with Gasteiger partial charge in [-0.3, -0.25) is 4.99 Å². The second kappa shape index (κ2) is 11.0. The zero-order valence-electron chi connectivity index (χ0n) is 22.0. The average molecular weight is 548 g/mol. The molecule has 3 aromatic rings. The molecule has 7 nitrogen and oxygen atoms in total. The van der Waals surface area contributed by atoms with Crippen LogP contribution in [0.4, 0.5) is 13.2 Å². The molecule has 1 aliphatic heterocycles. The molecule has 1 atom stereocenters. The number of hydrogen-bond acceptors (Lipinski definition) is 4. The van der Waals surface area contributed by atoms with E-state index < -0.39 is 23.5 Å². The number of carbonyl (C=O) groups is 1. The lowest BCUT2D eigenvalue weighted by atomic mass is 10.1. The molecule has 0 saturated heterocycles. The summed E-state index contributed by atoms with van der Waals surface area (Å²) in [7, 11) is 1.34. The van der Waals surface area contributed by atoms with E-state index in [1.54, 1.807) is 6.20 Å². The number of alkyl halides is 3. The van der Waals surface area contributed by atoms with Crippen LogP contribution in [0.1, 0.15) is 36.5 Å². The lowest BCUT2D eigenvalue weighted by Gasteiger charge is -2.24. The molecule has 0 unspecified atom stereocenters. The Kier molecular flexibility index (Phi) is 7.42. The topological polar surface area (TPSA) is 89.7 Å². The highest BCUT2D eigenvalue weighted by atomic mass is 19.4. The van der Waals surface area contributed by atoms with Crippen molar-refractivity contribution in [1.29, 1.82) is 0 Å². The number of carboxylic acids is 1. The van der Waals surface area contributed by atoms with Crippen molar-refractivity contribution in [3.8, 4) is 0 Å². The van der Waals surface area contributed by atoms with Crippen molar-refractivity contribution in [2.75, 3.05) is 7.05 Å². The molecule has 1 aliphatic carbocycles. The van der Waals surface area contributed by atoms with E-state index in [0.717, 1.165) is 41.3 Å². The number of nitrogens with one attached hydrogen (secondary N) is 1. The molecular formula is C30H28F3N5O2. The smallest absolute Gasteiger partial charge is 0.416 e. The van der Waals surface area contributed by atoms with E-state index >= 15 is 0 Å². The number of fused-ring (bicyclic) bond motifs is 1. The first-order valence-electron chi connectivity index (χ1n) is 12.9. The van der Waals surface area contributed by atoms with E-state index in [4.69, 9.17) is 4.99 Å². The van der Waals surface area contributed by atoms with E-state index in [0.29, 0.717) is 23.0 Å². The molecule has 206 valence electrons. The first-order valence-corrected chi connectivity index (χ1v) is 12.9. The fourth-order valence-corrected chi connectivity index (χ4v) is 4.60. The number of carboxylic acid groups (broad SMARTS) is 1. The summed E-state index contributed by atoms with van der Waals surface area (Å²) in [6.45, 7) is 2.25. The van der Waals surface area contributed by atoms with Crippen LogP contribution < -0.4 is 5.32 Å². The highest BCUT2D eigenvalue weighted by molar-refractivity contribution is 6.38. The van der Waals surface area contributed by atoms with Gasteiger partial charge in [-0.1, -0.05) is 48.5 Å². The Morgan fingerprint density at radius 3 is 2.45 bits per heavy atom. The molecular weight excluding hydrogens is 519 g/mol. The van der Waals surface area contributed by atoms with Gasteiger partial charge in [-0.15, -0.1) is 0 Å². The third-order valence-electron chi connectivity index (χ3n) is 7.04. The molecule has 0 bridgehead atoms. The van der Waals surface area contributed by atoms with Gasteiger partial charge in [0.05, 0.1) is 5.56 Å². The van der Waals surface area contributed by atoms with Crippen LogP contribution in [0.3, 0.4) is 0 Å². The minimum atomic E-state index is -4.44. The van der Waals surface area contributed by atoms with Crippen LogP contribution in [-0.2, 0) is 17.5 Å². The van der Waals surface area contributed by atoms with Crippen LogP contribution in [-0.4, -0.2) is 46.6 Å². The van der Waals surface area contributed by atoms with Crippen molar-refractivity contribution < 1.29 is 23.1 Å². The summed E-state index contributed by atoms with van der Waals surface area (Å²) in [4.78, 5) is 26.4. The normalized spacial score (nSPS) is 18.9. The second-order valence-electron chi connectivity index (χ2n) is 9.89. The van der Waals surface area contributed by atoms with Crippen molar-refractivity contribution in [3.05, 3.63) is 95.3 Å². The SMILES string of the molecule is C\N=C(/N=C1/N=C(c2ccc3ccccc3c2)N(Cc2ccc(C(F)(F)F)cc2)/C1=C\N[C@H](C)C1CC1)C(=O)O.